The molecule has 5 heteroatoms. The molecular weight excluding hydrogens is 274 g/mol. The number of hydrogen-bond donors (Lipinski definition) is 1. The van der Waals surface area contributed by atoms with Crippen molar-refractivity contribution in [3.05, 3.63) is 47.5 Å². The van der Waals surface area contributed by atoms with Crippen LogP contribution in [-0.2, 0) is 12.1 Å². The van der Waals surface area contributed by atoms with E-state index in [1.807, 2.05) is 24.3 Å². The summed E-state index contributed by atoms with van der Waals surface area (Å²) in [7, 11) is 0. The molecule has 1 aliphatic rings. The topological polar surface area (TPSA) is 50.9 Å². The molecule has 4 nitrogen and oxygen atoms in total. The Morgan fingerprint density at radius 1 is 1.40 bits per heavy atom. The van der Waals surface area contributed by atoms with Crippen molar-refractivity contribution < 1.29 is 5.11 Å². The fourth-order valence-electron chi connectivity index (χ4n) is 2.78. The minimum atomic E-state index is -0.945. The van der Waals surface area contributed by atoms with Crippen LogP contribution < -0.4 is 0 Å². The van der Waals surface area contributed by atoms with Crippen LogP contribution in [0.1, 0.15) is 25.3 Å². The molecule has 0 amide bonds. The summed E-state index contributed by atoms with van der Waals surface area (Å²) in [6, 6.07) is 7.45. The van der Waals surface area contributed by atoms with Gasteiger partial charge in [0, 0.05) is 5.02 Å². The zero-order valence-corrected chi connectivity index (χ0v) is 12.2. The van der Waals surface area contributed by atoms with Crippen molar-refractivity contribution in [3.63, 3.8) is 0 Å². The molecule has 2 aromatic rings. The van der Waals surface area contributed by atoms with Crippen molar-refractivity contribution in [2.75, 3.05) is 0 Å². The highest BCUT2D eigenvalue weighted by Gasteiger charge is 2.44. The second kappa shape index (κ2) is 5.19. The number of benzene rings is 1. The number of aliphatic hydroxyl groups is 1. The van der Waals surface area contributed by atoms with E-state index in [-0.39, 0.29) is 5.92 Å². The van der Waals surface area contributed by atoms with Gasteiger partial charge in [0.2, 0.25) is 0 Å². The standard InChI is InChI=1S/C15H18ClN3O/c1-11(12-2-3-12)15(20,8-19-10-17-9-18-19)13-4-6-14(16)7-5-13/h4-7,9-12,20H,2-3,8H2,1H3/t11-,15-/m0/s1. The number of aromatic nitrogens is 3. The summed E-state index contributed by atoms with van der Waals surface area (Å²) in [5, 5.41) is 16.1. The Morgan fingerprint density at radius 2 is 2.10 bits per heavy atom. The molecule has 2 atom stereocenters. The molecule has 0 unspecified atom stereocenters. The molecule has 1 aromatic carbocycles. The Hall–Kier alpha value is -1.39. The van der Waals surface area contributed by atoms with E-state index in [1.54, 1.807) is 11.0 Å². The van der Waals surface area contributed by atoms with Crippen LogP contribution in [-0.4, -0.2) is 19.9 Å². The molecule has 1 saturated carbocycles. The lowest BCUT2D eigenvalue weighted by Crippen LogP contribution is -2.39. The minimum absolute atomic E-state index is 0.174. The lowest BCUT2D eigenvalue weighted by molar-refractivity contribution is -0.0442. The van der Waals surface area contributed by atoms with E-state index in [0.29, 0.717) is 17.5 Å². The molecule has 0 aliphatic heterocycles. The molecule has 0 bridgehead atoms. The summed E-state index contributed by atoms with van der Waals surface area (Å²) in [6.07, 6.45) is 5.51. The predicted octanol–water partition coefficient (Wildman–Crippen LogP) is 2.87. The first-order chi connectivity index (χ1) is 9.59. The zero-order valence-electron chi connectivity index (χ0n) is 11.4. The third-order valence-corrected chi connectivity index (χ3v) is 4.55. The average molecular weight is 292 g/mol. The van der Waals surface area contributed by atoms with Crippen molar-refractivity contribution in [2.45, 2.75) is 31.9 Å². The summed E-state index contributed by atoms with van der Waals surface area (Å²) in [5.41, 5.74) is -0.0591. The van der Waals surface area contributed by atoms with Gasteiger partial charge >= 0.3 is 0 Å². The average Bonchev–Trinajstić information content (AvgIpc) is 3.17. The van der Waals surface area contributed by atoms with Crippen molar-refractivity contribution >= 4 is 11.6 Å². The quantitative estimate of drug-likeness (QED) is 0.921. The van der Waals surface area contributed by atoms with E-state index >= 15 is 0 Å². The Kier molecular flexibility index (Phi) is 3.52. The zero-order chi connectivity index (χ0) is 14.2. The fourth-order valence-corrected chi connectivity index (χ4v) is 2.91. The lowest BCUT2D eigenvalue weighted by Gasteiger charge is -2.35. The first-order valence-electron chi connectivity index (χ1n) is 6.90. The first-order valence-corrected chi connectivity index (χ1v) is 7.28. The molecule has 0 saturated heterocycles. The largest absolute Gasteiger partial charge is 0.383 e. The Morgan fingerprint density at radius 3 is 2.65 bits per heavy atom. The van der Waals surface area contributed by atoms with Crippen molar-refractivity contribution in [1.29, 1.82) is 0 Å². The van der Waals surface area contributed by atoms with E-state index in [2.05, 4.69) is 17.0 Å². The molecule has 20 heavy (non-hydrogen) atoms. The van der Waals surface area contributed by atoms with Gasteiger partial charge < -0.3 is 5.11 Å². The molecular formula is C15H18ClN3O. The highest BCUT2D eigenvalue weighted by Crippen LogP contribution is 2.46. The van der Waals surface area contributed by atoms with Gasteiger partial charge in [0.1, 0.15) is 18.3 Å². The monoisotopic (exact) mass is 291 g/mol. The molecule has 0 spiro atoms. The normalized spacial score (nSPS) is 19.6. The predicted molar refractivity (Wildman–Crippen MR) is 77.3 cm³/mol. The first kappa shape index (κ1) is 13.6. The lowest BCUT2D eigenvalue weighted by atomic mass is 9.79. The molecule has 1 aromatic heterocycles. The van der Waals surface area contributed by atoms with Crippen LogP contribution in [0.25, 0.3) is 0 Å². The smallest absolute Gasteiger partial charge is 0.137 e. The van der Waals surface area contributed by atoms with Crippen molar-refractivity contribution in [2.24, 2.45) is 11.8 Å². The second-order valence-electron chi connectivity index (χ2n) is 5.65. The second-order valence-corrected chi connectivity index (χ2v) is 6.09. The maximum Gasteiger partial charge on any atom is 0.137 e. The maximum atomic E-state index is 11.3. The van der Waals surface area contributed by atoms with Gasteiger partial charge in [-0.1, -0.05) is 30.7 Å². The van der Waals surface area contributed by atoms with Crippen LogP contribution in [0.15, 0.2) is 36.9 Å². The van der Waals surface area contributed by atoms with Gasteiger partial charge in [-0.15, -0.1) is 0 Å². The SMILES string of the molecule is C[C@@H](C1CC1)[C@@](O)(Cn1cncn1)c1ccc(Cl)cc1. The molecule has 0 radical (unpaired) electrons. The van der Waals surface area contributed by atoms with Gasteiger partial charge in [0.05, 0.1) is 6.54 Å². The molecule has 106 valence electrons. The van der Waals surface area contributed by atoms with Crippen LogP contribution in [0.2, 0.25) is 5.02 Å². The van der Waals surface area contributed by atoms with Gasteiger partial charge in [-0.05, 0) is 42.4 Å². The summed E-state index contributed by atoms with van der Waals surface area (Å²) >= 11 is 5.95. The van der Waals surface area contributed by atoms with Gasteiger partial charge in [-0.2, -0.15) is 5.10 Å². The number of halogens is 1. The van der Waals surface area contributed by atoms with E-state index in [9.17, 15) is 5.11 Å². The van der Waals surface area contributed by atoms with Gasteiger partial charge in [0.25, 0.3) is 0 Å². The number of rotatable bonds is 5. The van der Waals surface area contributed by atoms with Crippen LogP contribution in [0.5, 0.6) is 0 Å². The highest BCUT2D eigenvalue weighted by atomic mass is 35.5. The Balaban J connectivity index is 1.95. The van der Waals surface area contributed by atoms with E-state index in [4.69, 9.17) is 11.6 Å². The van der Waals surface area contributed by atoms with Crippen LogP contribution in [0.3, 0.4) is 0 Å². The molecule has 1 N–H and O–H groups in total. The Labute approximate surface area is 123 Å². The molecule has 3 rings (SSSR count). The third kappa shape index (κ3) is 2.58. The Bertz CT molecular complexity index is 565. The summed E-state index contributed by atoms with van der Waals surface area (Å²) in [6.45, 7) is 2.52. The number of hydrogen-bond acceptors (Lipinski definition) is 3. The van der Waals surface area contributed by atoms with Crippen LogP contribution >= 0.6 is 11.6 Å². The fraction of sp³-hybridized carbons (Fsp3) is 0.467. The summed E-state index contributed by atoms with van der Waals surface area (Å²) in [5.74, 6) is 0.757. The number of nitrogens with zero attached hydrogens (tertiary/aromatic N) is 3. The van der Waals surface area contributed by atoms with E-state index in [1.165, 1.54) is 19.2 Å². The van der Waals surface area contributed by atoms with Crippen molar-refractivity contribution in [3.8, 4) is 0 Å². The summed E-state index contributed by atoms with van der Waals surface area (Å²) in [4.78, 5) is 3.95. The van der Waals surface area contributed by atoms with Gasteiger partial charge in [0.15, 0.2) is 0 Å². The van der Waals surface area contributed by atoms with Crippen LogP contribution in [0.4, 0.5) is 0 Å². The molecule has 1 heterocycles. The van der Waals surface area contributed by atoms with E-state index in [0.717, 1.165) is 5.56 Å². The third-order valence-electron chi connectivity index (χ3n) is 4.30. The van der Waals surface area contributed by atoms with Crippen LogP contribution in [0, 0.1) is 11.8 Å². The van der Waals surface area contributed by atoms with E-state index < -0.39 is 5.60 Å². The van der Waals surface area contributed by atoms with Gasteiger partial charge in [-0.25, -0.2) is 9.67 Å². The molecule has 1 aliphatic carbocycles. The summed E-state index contributed by atoms with van der Waals surface area (Å²) < 4.78 is 1.69. The highest BCUT2D eigenvalue weighted by molar-refractivity contribution is 6.30. The van der Waals surface area contributed by atoms with Crippen molar-refractivity contribution in [1.82, 2.24) is 14.8 Å². The van der Waals surface area contributed by atoms with Gasteiger partial charge in [-0.3, -0.25) is 0 Å². The maximum absolute atomic E-state index is 11.3. The molecule has 1 fully saturated rings. The minimum Gasteiger partial charge on any atom is -0.383 e.